The first-order chi connectivity index (χ1) is 9.35. The lowest BCUT2D eigenvalue weighted by Gasteiger charge is -2.16. The molecule has 0 aliphatic carbocycles. The van der Waals surface area contributed by atoms with Crippen molar-refractivity contribution >= 4 is 0 Å². The molecular weight excluding hydrogens is 273 g/mol. The molecule has 0 fully saturated rings. The second kappa shape index (κ2) is 7.61. The highest BCUT2D eigenvalue weighted by molar-refractivity contribution is 5.02. The summed E-state index contributed by atoms with van der Waals surface area (Å²) >= 11 is 0. The number of alkyl halides is 3. The predicted octanol–water partition coefficient (Wildman–Crippen LogP) is 1.81. The molecule has 0 saturated heterocycles. The predicted molar refractivity (Wildman–Crippen MR) is 68.9 cm³/mol. The van der Waals surface area contributed by atoms with Crippen LogP contribution in [-0.2, 0) is 11.2 Å². The molecule has 2 unspecified atom stereocenters. The molecule has 0 aromatic carbocycles. The molecule has 1 aromatic rings. The molecular formula is C12H21F3N4O. The molecule has 1 heterocycles. The van der Waals surface area contributed by atoms with Crippen molar-refractivity contribution < 1.29 is 17.9 Å². The van der Waals surface area contributed by atoms with E-state index in [1.807, 2.05) is 23.9 Å². The van der Waals surface area contributed by atoms with Gasteiger partial charge >= 0.3 is 6.18 Å². The highest BCUT2D eigenvalue weighted by atomic mass is 19.4. The van der Waals surface area contributed by atoms with E-state index in [0.717, 1.165) is 12.1 Å². The van der Waals surface area contributed by atoms with Crippen molar-refractivity contribution in [2.24, 2.45) is 5.84 Å². The van der Waals surface area contributed by atoms with E-state index in [2.05, 4.69) is 22.2 Å². The number of aromatic nitrogens is 2. The Morgan fingerprint density at radius 3 is 2.75 bits per heavy atom. The van der Waals surface area contributed by atoms with Crippen molar-refractivity contribution in [3.63, 3.8) is 0 Å². The van der Waals surface area contributed by atoms with Crippen LogP contribution in [0.2, 0.25) is 0 Å². The molecule has 1 aromatic heterocycles. The number of nitrogens with one attached hydrogen (secondary N) is 1. The second-order valence-corrected chi connectivity index (χ2v) is 4.74. The zero-order valence-corrected chi connectivity index (χ0v) is 11.7. The molecule has 8 heteroatoms. The Morgan fingerprint density at radius 2 is 2.20 bits per heavy atom. The molecule has 0 radical (unpaired) electrons. The van der Waals surface area contributed by atoms with Gasteiger partial charge in [-0.1, -0.05) is 6.92 Å². The lowest BCUT2D eigenvalue weighted by atomic mass is 10.2. The molecule has 1 rings (SSSR count). The van der Waals surface area contributed by atoms with E-state index in [4.69, 9.17) is 5.84 Å². The number of rotatable bonds is 8. The fourth-order valence-corrected chi connectivity index (χ4v) is 1.65. The number of hydrogen-bond acceptors (Lipinski definition) is 4. The number of nitrogens with zero attached hydrogens (tertiary/aromatic N) is 2. The number of nitrogens with two attached hydrogens (primary N) is 1. The Labute approximate surface area is 116 Å². The third kappa shape index (κ3) is 5.89. The highest BCUT2D eigenvalue weighted by Gasteiger charge is 2.28. The van der Waals surface area contributed by atoms with Crippen molar-refractivity contribution in [2.75, 3.05) is 13.2 Å². The largest absolute Gasteiger partial charge is 0.411 e. The Morgan fingerprint density at radius 1 is 1.50 bits per heavy atom. The van der Waals surface area contributed by atoms with E-state index < -0.39 is 18.8 Å². The summed E-state index contributed by atoms with van der Waals surface area (Å²) in [7, 11) is 0. The summed E-state index contributed by atoms with van der Waals surface area (Å²) in [5.41, 5.74) is 3.22. The van der Waals surface area contributed by atoms with Gasteiger partial charge in [-0.05, 0) is 19.4 Å². The third-order valence-corrected chi connectivity index (χ3v) is 2.98. The molecule has 0 saturated carbocycles. The quantitative estimate of drug-likeness (QED) is 0.567. The molecule has 2 atom stereocenters. The van der Waals surface area contributed by atoms with Crippen LogP contribution in [0.4, 0.5) is 13.2 Å². The lowest BCUT2D eigenvalue weighted by Crippen LogP contribution is -2.41. The molecule has 5 nitrogen and oxygen atoms in total. The summed E-state index contributed by atoms with van der Waals surface area (Å²) in [6, 6.07) is 1.72. The molecule has 0 spiro atoms. The van der Waals surface area contributed by atoms with Crippen LogP contribution in [0.25, 0.3) is 0 Å². The van der Waals surface area contributed by atoms with Crippen LogP contribution in [0.1, 0.15) is 32.0 Å². The molecule has 0 amide bonds. The van der Waals surface area contributed by atoms with E-state index in [1.54, 1.807) is 0 Å². The summed E-state index contributed by atoms with van der Waals surface area (Å²) in [6.07, 6.45) is -1.10. The van der Waals surface area contributed by atoms with Crippen molar-refractivity contribution in [3.8, 4) is 0 Å². The minimum atomic E-state index is -4.32. The zero-order chi connectivity index (χ0) is 15.2. The van der Waals surface area contributed by atoms with E-state index in [1.165, 1.54) is 0 Å². The van der Waals surface area contributed by atoms with Gasteiger partial charge in [0, 0.05) is 18.7 Å². The first-order valence-corrected chi connectivity index (χ1v) is 6.50. The van der Waals surface area contributed by atoms with Crippen LogP contribution in [-0.4, -0.2) is 35.2 Å². The van der Waals surface area contributed by atoms with E-state index >= 15 is 0 Å². The van der Waals surface area contributed by atoms with Gasteiger partial charge < -0.3 is 4.74 Å². The molecule has 3 N–H and O–H groups in total. The molecule has 0 aliphatic rings. The van der Waals surface area contributed by atoms with Gasteiger partial charge in [0.15, 0.2) is 0 Å². The van der Waals surface area contributed by atoms with Crippen LogP contribution in [0.5, 0.6) is 0 Å². The van der Waals surface area contributed by atoms with Crippen molar-refractivity contribution in [1.29, 1.82) is 0 Å². The monoisotopic (exact) mass is 294 g/mol. The smallest absolute Gasteiger partial charge is 0.370 e. The van der Waals surface area contributed by atoms with Crippen molar-refractivity contribution in [1.82, 2.24) is 15.2 Å². The van der Waals surface area contributed by atoms with Gasteiger partial charge in [0.25, 0.3) is 0 Å². The average Bonchev–Trinajstić information content (AvgIpc) is 2.83. The number of hydrogen-bond donors (Lipinski definition) is 2. The SMILES string of the molecule is CCC(C)n1ccc(CC(COCC(F)(F)F)NN)n1. The Balaban J connectivity index is 2.45. The van der Waals surface area contributed by atoms with Gasteiger partial charge in [0.1, 0.15) is 6.61 Å². The maximum atomic E-state index is 12.0. The summed E-state index contributed by atoms with van der Waals surface area (Å²) in [5, 5.41) is 4.37. The maximum Gasteiger partial charge on any atom is 0.411 e. The first kappa shape index (κ1) is 16.9. The summed E-state index contributed by atoms with van der Waals surface area (Å²) in [5.74, 6) is 5.32. The Bertz CT molecular complexity index is 394. The summed E-state index contributed by atoms with van der Waals surface area (Å²) in [6.45, 7) is 2.71. The van der Waals surface area contributed by atoms with Gasteiger partial charge in [0.2, 0.25) is 0 Å². The summed E-state index contributed by atoms with van der Waals surface area (Å²) < 4.78 is 42.4. The van der Waals surface area contributed by atoms with Gasteiger partial charge in [0.05, 0.1) is 18.3 Å². The minimum absolute atomic E-state index is 0.119. The van der Waals surface area contributed by atoms with Gasteiger partial charge in [-0.2, -0.15) is 18.3 Å². The van der Waals surface area contributed by atoms with Crippen LogP contribution in [0, 0.1) is 0 Å². The second-order valence-electron chi connectivity index (χ2n) is 4.74. The molecule has 0 aliphatic heterocycles. The van der Waals surface area contributed by atoms with Gasteiger partial charge in [-0.15, -0.1) is 0 Å². The Hall–Kier alpha value is -1.12. The van der Waals surface area contributed by atoms with E-state index in [9.17, 15) is 13.2 Å². The van der Waals surface area contributed by atoms with E-state index in [-0.39, 0.29) is 12.6 Å². The first-order valence-electron chi connectivity index (χ1n) is 6.50. The van der Waals surface area contributed by atoms with E-state index in [0.29, 0.717) is 6.42 Å². The topological polar surface area (TPSA) is 65.1 Å². The fourth-order valence-electron chi connectivity index (χ4n) is 1.65. The summed E-state index contributed by atoms with van der Waals surface area (Å²) in [4.78, 5) is 0. The van der Waals surface area contributed by atoms with Crippen molar-refractivity contribution in [2.45, 2.75) is 44.9 Å². The highest BCUT2D eigenvalue weighted by Crippen LogP contribution is 2.15. The van der Waals surface area contributed by atoms with Crippen molar-refractivity contribution in [3.05, 3.63) is 18.0 Å². The maximum absolute atomic E-state index is 12.0. The standard InChI is InChI=1S/C12H21F3N4O/c1-3-9(2)19-5-4-10(18-19)6-11(17-16)7-20-8-12(13,14)15/h4-5,9,11,17H,3,6-8,16H2,1-2H3. The van der Waals surface area contributed by atoms with Gasteiger partial charge in [-0.3, -0.25) is 16.0 Å². The van der Waals surface area contributed by atoms with Crippen LogP contribution in [0.3, 0.4) is 0 Å². The molecule has 20 heavy (non-hydrogen) atoms. The average molecular weight is 294 g/mol. The number of ether oxygens (including phenoxy) is 1. The normalized spacial score (nSPS) is 15.3. The lowest BCUT2D eigenvalue weighted by molar-refractivity contribution is -0.175. The minimum Gasteiger partial charge on any atom is -0.370 e. The molecule has 0 bridgehead atoms. The van der Waals surface area contributed by atoms with Gasteiger partial charge in [-0.25, -0.2) is 0 Å². The Kier molecular flexibility index (Phi) is 6.44. The molecule has 116 valence electrons. The van der Waals surface area contributed by atoms with Crippen LogP contribution in [0.15, 0.2) is 12.3 Å². The number of halogens is 3. The zero-order valence-electron chi connectivity index (χ0n) is 11.7. The fraction of sp³-hybridized carbons (Fsp3) is 0.750. The third-order valence-electron chi connectivity index (χ3n) is 2.98. The number of hydrazine groups is 1. The van der Waals surface area contributed by atoms with Crippen LogP contribution < -0.4 is 11.3 Å². The van der Waals surface area contributed by atoms with Crippen LogP contribution >= 0.6 is 0 Å².